The van der Waals surface area contributed by atoms with E-state index in [2.05, 4.69) is 16.0 Å². The van der Waals surface area contributed by atoms with Crippen LogP contribution in [0.1, 0.15) is 53.4 Å². The number of amides is 4. The van der Waals surface area contributed by atoms with Gasteiger partial charge in [-0.2, -0.15) is 0 Å². The van der Waals surface area contributed by atoms with Crippen molar-refractivity contribution in [3.05, 3.63) is 0 Å². The highest BCUT2D eigenvalue weighted by Crippen LogP contribution is 2.22. The predicted octanol–water partition coefficient (Wildman–Crippen LogP) is 0.424. The Morgan fingerprint density at radius 3 is 2.44 bits per heavy atom. The van der Waals surface area contributed by atoms with E-state index in [9.17, 15) is 19.2 Å². The lowest BCUT2D eigenvalue weighted by molar-refractivity contribution is -0.131. The number of alkyl carbamates (subject to hydrolysis) is 1. The molecule has 27 heavy (non-hydrogen) atoms. The molecule has 154 valence electrons. The third-order valence-corrected chi connectivity index (χ3v) is 4.28. The van der Waals surface area contributed by atoms with Gasteiger partial charge in [0.1, 0.15) is 12.1 Å². The fraction of sp³-hybridized carbons (Fsp3) is 0.778. The van der Waals surface area contributed by atoms with Crippen LogP contribution in [-0.2, 0) is 19.1 Å². The van der Waals surface area contributed by atoms with Gasteiger partial charge in [0, 0.05) is 12.5 Å². The van der Waals surface area contributed by atoms with Crippen molar-refractivity contribution in [3.8, 4) is 0 Å². The molecule has 0 aromatic carbocycles. The molecule has 4 amide bonds. The summed E-state index contributed by atoms with van der Waals surface area (Å²) in [5, 5.41) is 7.86. The van der Waals surface area contributed by atoms with Gasteiger partial charge >= 0.3 is 6.09 Å². The maximum atomic E-state index is 12.7. The quantitative estimate of drug-likeness (QED) is 0.480. The summed E-state index contributed by atoms with van der Waals surface area (Å²) < 4.78 is 4.85. The van der Waals surface area contributed by atoms with Gasteiger partial charge in [0.15, 0.2) is 0 Å². The average molecular weight is 384 g/mol. The van der Waals surface area contributed by atoms with Gasteiger partial charge in [-0.3, -0.25) is 14.4 Å². The number of hydrogen-bond donors (Lipinski definition) is 4. The second-order valence-corrected chi connectivity index (χ2v) is 8.01. The molecule has 1 rings (SSSR count). The van der Waals surface area contributed by atoms with E-state index in [0.717, 1.165) is 6.42 Å². The van der Waals surface area contributed by atoms with Crippen LogP contribution in [0.5, 0.6) is 0 Å². The number of piperidine rings is 1. The van der Waals surface area contributed by atoms with Gasteiger partial charge < -0.3 is 26.4 Å². The third kappa shape index (κ3) is 8.27. The van der Waals surface area contributed by atoms with Crippen LogP contribution < -0.4 is 21.7 Å². The Kier molecular flexibility index (Phi) is 8.52. The van der Waals surface area contributed by atoms with Crippen molar-refractivity contribution in [1.82, 2.24) is 16.0 Å². The molecule has 1 aliphatic heterocycles. The first kappa shape index (κ1) is 22.7. The number of carbonyl (C=O) groups is 4. The third-order valence-electron chi connectivity index (χ3n) is 4.28. The van der Waals surface area contributed by atoms with Gasteiger partial charge in [0.05, 0.1) is 6.61 Å². The summed E-state index contributed by atoms with van der Waals surface area (Å²) in [6, 6.07) is -1.87. The molecular formula is C18H32N4O5. The molecule has 0 aromatic heterocycles. The summed E-state index contributed by atoms with van der Waals surface area (Å²) in [5.41, 5.74) is 5.17. The van der Waals surface area contributed by atoms with Gasteiger partial charge in [-0.15, -0.1) is 0 Å². The Morgan fingerprint density at radius 1 is 1.26 bits per heavy atom. The molecule has 1 heterocycles. The fourth-order valence-electron chi connectivity index (χ4n) is 3.00. The molecule has 0 saturated carbocycles. The van der Waals surface area contributed by atoms with Crippen molar-refractivity contribution < 1.29 is 23.9 Å². The highest BCUT2D eigenvalue weighted by atomic mass is 16.5. The average Bonchev–Trinajstić information content (AvgIpc) is 2.54. The molecule has 1 fully saturated rings. The second kappa shape index (κ2) is 10.1. The van der Waals surface area contributed by atoms with Crippen molar-refractivity contribution >= 4 is 23.8 Å². The van der Waals surface area contributed by atoms with Gasteiger partial charge in [0.25, 0.3) is 0 Å². The molecule has 3 atom stereocenters. The molecule has 0 unspecified atom stereocenters. The molecule has 9 heteroatoms. The summed E-state index contributed by atoms with van der Waals surface area (Å²) in [5.74, 6) is -1.77. The van der Waals surface area contributed by atoms with Crippen molar-refractivity contribution in [2.45, 2.75) is 65.5 Å². The summed E-state index contributed by atoms with van der Waals surface area (Å²) in [4.78, 5) is 48.2. The smallest absolute Gasteiger partial charge is 0.407 e. The lowest BCUT2D eigenvalue weighted by Crippen LogP contribution is -2.55. The van der Waals surface area contributed by atoms with E-state index >= 15 is 0 Å². The van der Waals surface area contributed by atoms with Crippen LogP contribution in [0.4, 0.5) is 4.79 Å². The Morgan fingerprint density at radius 2 is 1.93 bits per heavy atom. The summed E-state index contributed by atoms with van der Waals surface area (Å²) in [6.07, 6.45) is 1.22. The number of nitrogens with one attached hydrogen (secondary N) is 3. The standard InChI is InChI=1S/C18H32N4O5/c1-5-27-17(26)22-13(10-18(2,3)4)16(25)21-12(14(19)23)9-11-7-6-8-20-15(11)24/h11-13H,5-10H2,1-4H3,(H2,19,23)(H,20,24)(H,21,25)(H,22,26)/t11-,12-,13-/m0/s1. The normalized spacial score (nSPS) is 19.4. The molecule has 1 aliphatic rings. The summed E-state index contributed by atoms with van der Waals surface area (Å²) in [7, 11) is 0. The summed E-state index contributed by atoms with van der Waals surface area (Å²) in [6.45, 7) is 8.24. The molecule has 1 saturated heterocycles. The zero-order valence-corrected chi connectivity index (χ0v) is 16.6. The first-order valence-electron chi connectivity index (χ1n) is 9.34. The van der Waals surface area contributed by atoms with Crippen LogP contribution in [0.15, 0.2) is 0 Å². The number of primary amides is 1. The van der Waals surface area contributed by atoms with Crippen molar-refractivity contribution in [3.63, 3.8) is 0 Å². The second-order valence-electron chi connectivity index (χ2n) is 8.01. The predicted molar refractivity (Wildman–Crippen MR) is 99.5 cm³/mol. The van der Waals surface area contributed by atoms with Crippen molar-refractivity contribution in [1.29, 1.82) is 0 Å². The van der Waals surface area contributed by atoms with Crippen molar-refractivity contribution in [2.24, 2.45) is 17.1 Å². The van der Waals surface area contributed by atoms with E-state index in [1.54, 1.807) is 6.92 Å². The Hall–Kier alpha value is -2.32. The maximum absolute atomic E-state index is 12.7. The highest BCUT2D eigenvalue weighted by molar-refractivity contribution is 5.91. The molecule has 9 nitrogen and oxygen atoms in total. The molecular weight excluding hydrogens is 352 g/mol. The number of nitrogens with two attached hydrogens (primary N) is 1. The minimum absolute atomic E-state index is 0.133. The Bertz CT molecular complexity index is 558. The minimum Gasteiger partial charge on any atom is -0.450 e. The van der Waals surface area contributed by atoms with Crippen LogP contribution >= 0.6 is 0 Å². The summed E-state index contributed by atoms with van der Waals surface area (Å²) >= 11 is 0. The van der Waals surface area contributed by atoms with Crippen LogP contribution in [-0.4, -0.2) is 49.1 Å². The molecule has 0 spiro atoms. The monoisotopic (exact) mass is 384 g/mol. The van der Waals surface area contributed by atoms with Crippen LogP contribution in [0.25, 0.3) is 0 Å². The van der Waals surface area contributed by atoms with E-state index in [0.29, 0.717) is 19.4 Å². The van der Waals surface area contributed by atoms with Gasteiger partial charge in [0.2, 0.25) is 17.7 Å². The number of hydrogen-bond acceptors (Lipinski definition) is 5. The number of carbonyl (C=O) groups excluding carboxylic acids is 4. The molecule has 0 bridgehead atoms. The molecule has 0 radical (unpaired) electrons. The lowest BCUT2D eigenvalue weighted by atomic mass is 9.87. The molecule has 0 aromatic rings. The maximum Gasteiger partial charge on any atom is 0.407 e. The van der Waals surface area contributed by atoms with E-state index in [4.69, 9.17) is 10.5 Å². The van der Waals surface area contributed by atoms with Gasteiger partial charge in [-0.25, -0.2) is 4.79 Å². The van der Waals surface area contributed by atoms with Crippen LogP contribution in [0.2, 0.25) is 0 Å². The first-order chi connectivity index (χ1) is 12.5. The van der Waals surface area contributed by atoms with E-state index in [-0.39, 0.29) is 30.3 Å². The zero-order valence-electron chi connectivity index (χ0n) is 16.6. The van der Waals surface area contributed by atoms with Gasteiger partial charge in [-0.05, 0) is 38.0 Å². The molecule has 5 N–H and O–H groups in total. The molecule has 0 aliphatic carbocycles. The zero-order chi connectivity index (χ0) is 20.6. The minimum atomic E-state index is -0.988. The number of rotatable bonds is 8. The fourth-order valence-corrected chi connectivity index (χ4v) is 3.00. The largest absolute Gasteiger partial charge is 0.450 e. The van der Waals surface area contributed by atoms with Crippen molar-refractivity contribution in [2.75, 3.05) is 13.2 Å². The SMILES string of the molecule is CCOC(=O)N[C@@H](CC(C)(C)C)C(=O)N[C@@H](C[C@@H]1CCCNC1=O)C(N)=O. The van der Waals surface area contributed by atoms with E-state index < -0.39 is 30.0 Å². The van der Waals surface area contributed by atoms with Crippen LogP contribution in [0, 0.1) is 11.3 Å². The lowest BCUT2D eigenvalue weighted by Gasteiger charge is -2.29. The Balaban J connectivity index is 2.82. The number of ether oxygens (including phenoxy) is 1. The topological polar surface area (TPSA) is 140 Å². The van der Waals surface area contributed by atoms with Crippen LogP contribution in [0.3, 0.4) is 0 Å². The van der Waals surface area contributed by atoms with E-state index in [1.165, 1.54) is 0 Å². The first-order valence-corrected chi connectivity index (χ1v) is 9.34. The Labute approximate surface area is 160 Å². The highest BCUT2D eigenvalue weighted by Gasteiger charge is 2.32. The van der Waals surface area contributed by atoms with E-state index in [1.807, 2.05) is 20.8 Å². The van der Waals surface area contributed by atoms with Gasteiger partial charge in [-0.1, -0.05) is 20.8 Å².